The van der Waals surface area contributed by atoms with Gasteiger partial charge < -0.3 is 27.0 Å². The zero-order valence-corrected chi connectivity index (χ0v) is 18.3. The van der Waals surface area contributed by atoms with E-state index >= 15 is 0 Å². The van der Waals surface area contributed by atoms with Gasteiger partial charge in [-0.3, -0.25) is 14.4 Å². The second-order valence-electron chi connectivity index (χ2n) is 7.44. The van der Waals surface area contributed by atoms with Crippen LogP contribution in [-0.4, -0.2) is 46.7 Å². The second-order valence-corrected chi connectivity index (χ2v) is 7.44. The number of carboxylic acids is 2. The molecule has 0 aromatic rings. The van der Waals surface area contributed by atoms with E-state index in [1.54, 1.807) is 0 Å². The molecule has 0 bridgehead atoms. The maximum Gasteiger partial charge on any atom is 0.325 e. The number of carbonyl (C=O) groups excluding carboxylic acids is 1. The molecule has 0 rings (SSSR count). The number of rotatable bonds is 17. The molecule has 0 spiro atoms. The summed E-state index contributed by atoms with van der Waals surface area (Å²) < 4.78 is 0. The molecule has 172 valence electrons. The smallest absolute Gasteiger partial charge is 0.325 e. The fourth-order valence-electron chi connectivity index (χ4n) is 2.60. The normalized spacial score (nSPS) is 12.4. The molecule has 7 N–H and O–H groups in total. The summed E-state index contributed by atoms with van der Waals surface area (Å²) in [4.78, 5) is 32.1. The van der Waals surface area contributed by atoms with Crippen LogP contribution < -0.4 is 16.8 Å². The van der Waals surface area contributed by atoms with Crippen molar-refractivity contribution in [3.63, 3.8) is 0 Å². The van der Waals surface area contributed by atoms with E-state index in [-0.39, 0.29) is 5.91 Å². The molecule has 0 aromatic carbocycles. The van der Waals surface area contributed by atoms with E-state index in [9.17, 15) is 14.4 Å². The van der Waals surface area contributed by atoms with Crippen molar-refractivity contribution < 1.29 is 24.6 Å². The molecule has 0 heterocycles. The quantitative estimate of drug-likeness (QED) is 0.228. The minimum Gasteiger partial charge on any atom is -0.480 e. The van der Waals surface area contributed by atoms with Gasteiger partial charge >= 0.3 is 11.9 Å². The molecule has 1 amide bonds. The monoisotopic (exact) mass is 417 g/mol. The highest BCUT2D eigenvalue weighted by Gasteiger charge is 2.13. The highest BCUT2D eigenvalue weighted by molar-refractivity contribution is 5.83. The van der Waals surface area contributed by atoms with Crippen LogP contribution in [0, 0.1) is 0 Å². The SMILES string of the molecule is CCCCCCCCCCCC(=O)NC(C)C(=O)O.NCCCCC(N)C(=O)O. The standard InChI is InChI=1S/C15H29NO3.C6H14N2O2/c1-3-4-5-6-7-8-9-10-11-12-14(17)16-13(2)15(18)19;7-4-2-1-3-5(8)6(9)10/h13H,3-12H2,1-2H3,(H,16,17)(H,18,19);5H,1-4,7-8H2,(H,9,10). The number of nitrogens with one attached hydrogen (secondary N) is 1. The van der Waals surface area contributed by atoms with Crippen molar-refractivity contribution in [1.82, 2.24) is 5.32 Å². The third kappa shape index (κ3) is 22.5. The Morgan fingerprint density at radius 3 is 1.79 bits per heavy atom. The first-order chi connectivity index (χ1) is 13.8. The van der Waals surface area contributed by atoms with Crippen molar-refractivity contribution in [3.05, 3.63) is 0 Å². The molecule has 0 aliphatic rings. The molecule has 0 saturated carbocycles. The van der Waals surface area contributed by atoms with E-state index in [2.05, 4.69) is 12.2 Å². The van der Waals surface area contributed by atoms with Crippen LogP contribution in [0.1, 0.15) is 97.3 Å². The number of nitrogens with two attached hydrogens (primary N) is 2. The van der Waals surface area contributed by atoms with Gasteiger partial charge in [-0.15, -0.1) is 0 Å². The predicted octanol–water partition coefficient (Wildman–Crippen LogP) is 3.02. The number of carboxylic acid groups (broad SMARTS) is 2. The summed E-state index contributed by atoms with van der Waals surface area (Å²) in [6.07, 6.45) is 13.5. The Hall–Kier alpha value is -1.67. The highest BCUT2D eigenvalue weighted by atomic mass is 16.4. The Morgan fingerprint density at radius 2 is 1.34 bits per heavy atom. The highest BCUT2D eigenvalue weighted by Crippen LogP contribution is 2.10. The van der Waals surface area contributed by atoms with E-state index in [0.29, 0.717) is 19.4 Å². The van der Waals surface area contributed by atoms with Crippen LogP contribution in [0.25, 0.3) is 0 Å². The number of amides is 1. The molecule has 0 aliphatic heterocycles. The molecular formula is C21H43N3O5. The Morgan fingerprint density at radius 1 is 0.828 bits per heavy atom. The van der Waals surface area contributed by atoms with Crippen LogP contribution >= 0.6 is 0 Å². The first-order valence-electron chi connectivity index (χ1n) is 11.0. The lowest BCUT2D eigenvalue weighted by Crippen LogP contribution is -2.38. The van der Waals surface area contributed by atoms with Gasteiger partial charge in [0.15, 0.2) is 0 Å². The lowest BCUT2D eigenvalue weighted by atomic mass is 10.1. The van der Waals surface area contributed by atoms with Gasteiger partial charge in [0.25, 0.3) is 0 Å². The number of carbonyl (C=O) groups is 3. The van der Waals surface area contributed by atoms with E-state index in [0.717, 1.165) is 25.7 Å². The third-order valence-corrected chi connectivity index (χ3v) is 4.54. The average Bonchev–Trinajstić information content (AvgIpc) is 2.67. The summed E-state index contributed by atoms with van der Waals surface area (Å²) >= 11 is 0. The van der Waals surface area contributed by atoms with Crippen LogP contribution in [0.4, 0.5) is 0 Å². The van der Waals surface area contributed by atoms with Gasteiger partial charge in [-0.2, -0.15) is 0 Å². The molecule has 0 saturated heterocycles. The minimum atomic E-state index is -0.986. The van der Waals surface area contributed by atoms with E-state index < -0.39 is 24.0 Å². The predicted molar refractivity (Wildman–Crippen MR) is 116 cm³/mol. The maximum atomic E-state index is 11.4. The summed E-state index contributed by atoms with van der Waals surface area (Å²) in [5.74, 6) is -2.07. The Balaban J connectivity index is 0. The zero-order valence-electron chi connectivity index (χ0n) is 18.3. The van der Waals surface area contributed by atoms with Gasteiger partial charge in [0.05, 0.1) is 0 Å². The molecular weight excluding hydrogens is 374 g/mol. The second kappa shape index (κ2) is 21.0. The summed E-state index contributed by atoms with van der Waals surface area (Å²) in [6.45, 7) is 4.30. The lowest BCUT2D eigenvalue weighted by Gasteiger charge is -2.08. The van der Waals surface area contributed by atoms with Gasteiger partial charge in [-0.25, -0.2) is 0 Å². The molecule has 0 aliphatic carbocycles. The number of hydrogen-bond acceptors (Lipinski definition) is 5. The van der Waals surface area contributed by atoms with Crippen molar-refractivity contribution in [2.75, 3.05) is 6.54 Å². The molecule has 8 nitrogen and oxygen atoms in total. The fourth-order valence-corrected chi connectivity index (χ4v) is 2.60. The summed E-state index contributed by atoms with van der Waals surface area (Å²) in [5, 5.41) is 19.4. The topological polar surface area (TPSA) is 156 Å². The van der Waals surface area contributed by atoms with Crippen LogP contribution in [0.5, 0.6) is 0 Å². The van der Waals surface area contributed by atoms with Crippen LogP contribution in [0.3, 0.4) is 0 Å². The van der Waals surface area contributed by atoms with Gasteiger partial charge in [0.2, 0.25) is 5.91 Å². The van der Waals surface area contributed by atoms with E-state index in [1.165, 1.54) is 51.9 Å². The van der Waals surface area contributed by atoms with E-state index in [1.807, 2.05) is 0 Å². The Bertz CT molecular complexity index is 433. The molecule has 2 atom stereocenters. The van der Waals surface area contributed by atoms with Crippen LogP contribution in [0.15, 0.2) is 0 Å². The first-order valence-corrected chi connectivity index (χ1v) is 11.0. The van der Waals surface area contributed by atoms with Crippen molar-refractivity contribution in [2.45, 2.75) is 109 Å². The molecule has 0 aromatic heterocycles. The van der Waals surface area contributed by atoms with Gasteiger partial charge in [0, 0.05) is 6.42 Å². The van der Waals surface area contributed by atoms with E-state index in [4.69, 9.17) is 21.7 Å². The summed E-state index contributed by atoms with van der Waals surface area (Å²) in [7, 11) is 0. The number of hydrogen-bond donors (Lipinski definition) is 5. The molecule has 0 radical (unpaired) electrons. The Kier molecular flexibility index (Phi) is 21.4. The third-order valence-electron chi connectivity index (χ3n) is 4.54. The fraction of sp³-hybridized carbons (Fsp3) is 0.857. The van der Waals surface area contributed by atoms with Gasteiger partial charge in [-0.1, -0.05) is 64.7 Å². The zero-order chi connectivity index (χ0) is 22.5. The molecule has 2 unspecified atom stereocenters. The number of aliphatic carboxylic acids is 2. The average molecular weight is 418 g/mol. The number of unbranched alkanes of at least 4 members (excludes halogenated alkanes) is 9. The van der Waals surface area contributed by atoms with Crippen molar-refractivity contribution in [3.8, 4) is 0 Å². The van der Waals surface area contributed by atoms with Gasteiger partial charge in [-0.05, 0) is 32.7 Å². The van der Waals surface area contributed by atoms with Gasteiger partial charge in [0.1, 0.15) is 12.1 Å². The van der Waals surface area contributed by atoms with Crippen LogP contribution in [0.2, 0.25) is 0 Å². The largest absolute Gasteiger partial charge is 0.480 e. The Labute approximate surface area is 175 Å². The summed E-state index contributed by atoms with van der Waals surface area (Å²) in [6, 6.07) is -1.50. The molecule has 0 fully saturated rings. The summed E-state index contributed by atoms with van der Waals surface area (Å²) in [5.41, 5.74) is 10.4. The van der Waals surface area contributed by atoms with Crippen molar-refractivity contribution in [1.29, 1.82) is 0 Å². The minimum absolute atomic E-state index is 0.155. The first kappa shape index (κ1) is 29.5. The maximum absolute atomic E-state index is 11.4. The molecule has 29 heavy (non-hydrogen) atoms. The van der Waals surface area contributed by atoms with Crippen molar-refractivity contribution >= 4 is 17.8 Å². The van der Waals surface area contributed by atoms with Crippen molar-refractivity contribution in [2.24, 2.45) is 11.5 Å². The lowest BCUT2D eigenvalue weighted by molar-refractivity contribution is -0.141. The van der Waals surface area contributed by atoms with Crippen LogP contribution in [-0.2, 0) is 14.4 Å². The molecule has 8 heteroatoms.